The molecule has 27 heavy (non-hydrogen) atoms. The summed E-state index contributed by atoms with van der Waals surface area (Å²) < 4.78 is 10.7. The minimum atomic E-state index is 0.687. The van der Waals surface area contributed by atoms with Crippen LogP contribution < -0.4 is 9.47 Å². The highest BCUT2D eigenvalue weighted by molar-refractivity contribution is 5.72. The molecule has 0 saturated carbocycles. The standard InChI is InChI=1S/C23H20N2O2/c1-26-22-13-12-19(14-23(22)27-2)21-15-20(24-25-21)18-10-8-17(9-11-18)16-6-4-3-5-7-16/h3-15H,1-2H3,(H,24,25). The molecule has 0 radical (unpaired) electrons. The van der Waals surface area contributed by atoms with E-state index in [1.807, 2.05) is 42.5 Å². The summed E-state index contributed by atoms with van der Waals surface area (Å²) in [5.41, 5.74) is 6.29. The number of aromatic amines is 1. The van der Waals surface area contributed by atoms with Crippen LogP contribution in [-0.4, -0.2) is 24.4 Å². The van der Waals surface area contributed by atoms with Gasteiger partial charge >= 0.3 is 0 Å². The maximum atomic E-state index is 5.38. The molecule has 0 aliphatic carbocycles. The maximum Gasteiger partial charge on any atom is 0.161 e. The van der Waals surface area contributed by atoms with Crippen molar-refractivity contribution < 1.29 is 9.47 Å². The van der Waals surface area contributed by atoms with Crippen LogP contribution in [0.3, 0.4) is 0 Å². The van der Waals surface area contributed by atoms with Gasteiger partial charge in [0.2, 0.25) is 0 Å². The third-order valence-corrected chi connectivity index (χ3v) is 4.56. The molecule has 0 aliphatic rings. The predicted octanol–water partition coefficient (Wildman–Crippen LogP) is 5.43. The van der Waals surface area contributed by atoms with E-state index in [2.05, 4.69) is 46.6 Å². The molecule has 0 unspecified atom stereocenters. The number of aromatic nitrogens is 2. The van der Waals surface area contributed by atoms with Gasteiger partial charge in [0.15, 0.2) is 11.5 Å². The zero-order chi connectivity index (χ0) is 18.6. The van der Waals surface area contributed by atoms with Gasteiger partial charge in [-0.25, -0.2) is 0 Å². The lowest BCUT2D eigenvalue weighted by Gasteiger charge is -2.08. The van der Waals surface area contributed by atoms with Gasteiger partial charge in [-0.2, -0.15) is 5.10 Å². The van der Waals surface area contributed by atoms with E-state index in [1.165, 1.54) is 11.1 Å². The van der Waals surface area contributed by atoms with Crippen molar-refractivity contribution in [3.63, 3.8) is 0 Å². The number of ether oxygens (including phenoxy) is 2. The van der Waals surface area contributed by atoms with Crippen LogP contribution in [0.5, 0.6) is 11.5 Å². The molecule has 0 atom stereocenters. The number of benzene rings is 3. The molecule has 4 aromatic rings. The largest absolute Gasteiger partial charge is 0.493 e. The van der Waals surface area contributed by atoms with E-state index in [-0.39, 0.29) is 0 Å². The monoisotopic (exact) mass is 356 g/mol. The van der Waals surface area contributed by atoms with Gasteiger partial charge in [-0.1, -0.05) is 54.6 Å². The Balaban J connectivity index is 1.61. The Hall–Kier alpha value is -3.53. The zero-order valence-electron chi connectivity index (χ0n) is 15.3. The van der Waals surface area contributed by atoms with E-state index in [0.717, 1.165) is 22.5 Å². The number of hydrogen-bond donors (Lipinski definition) is 1. The van der Waals surface area contributed by atoms with E-state index in [0.29, 0.717) is 11.5 Å². The number of nitrogens with one attached hydrogen (secondary N) is 1. The van der Waals surface area contributed by atoms with Crippen molar-refractivity contribution in [3.8, 4) is 45.1 Å². The van der Waals surface area contributed by atoms with Gasteiger partial charge in [0, 0.05) is 5.56 Å². The van der Waals surface area contributed by atoms with Crippen molar-refractivity contribution in [3.05, 3.63) is 78.9 Å². The summed E-state index contributed by atoms with van der Waals surface area (Å²) in [6, 6.07) is 26.6. The molecule has 0 aliphatic heterocycles. The van der Waals surface area contributed by atoms with E-state index >= 15 is 0 Å². The first-order valence-electron chi connectivity index (χ1n) is 8.72. The predicted molar refractivity (Wildman–Crippen MR) is 108 cm³/mol. The Morgan fingerprint density at radius 1 is 0.630 bits per heavy atom. The molecule has 3 aromatic carbocycles. The topological polar surface area (TPSA) is 47.1 Å². The second kappa shape index (κ2) is 7.38. The summed E-state index contributed by atoms with van der Waals surface area (Å²) in [4.78, 5) is 0. The number of rotatable bonds is 5. The van der Waals surface area contributed by atoms with E-state index in [9.17, 15) is 0 Å². The van der Waals surface area contributed by atoms with Gasteiger partial charge < -0.3 is 9.47 Å². The summed E-state index contributed by atoms with van der Waals surface area (Å²) in [5.74, 6) is 1.39. The molecule has 134 valence electrons. The highest BCUT2D eigenvalue weighted by atomic mass is 16.5. The highest BCUT2D eigenvalue weighted by Gasteiger charge is 2.10. The third-order valence-electron chi connectivity index (χ3n) is 4.56. The Morgan fingerprint density at radius 2 is 1.26 bits per heavy atom. The number of nitrogens with zero attached hydrogens (tertiary/aromatic N) is 1. The second-order valence-corrected chi connectivity index (χ2v) is 6.18. The lowest BCUT2D eigenvalue weighted by Crippen LogP contribution is -1.90. The molecule has 0 saturated heterocycles. The van der Waals surface area contributed by atoms with E-state index in [1.54, 1.807) is 14.2 Å². The van der Waals surface area contributed by atoms with Crippen LogP contribution in [0.25, 0.3) is 33.6 Å². The Morgan fingerprint density at radius 3 is 1.96 bits per heavy atom. The van der Waals surface area contributed by atoms with Crippen molar-refractivity contribution in [2.75, 3.05) is 14.2 Å². The summed E-state index contributed by atoms with van der Waals surface area (Å²) in [5, 5.41) is 7.58. The van der Waals surface area contributed by atoms with Crippen molar-refractivity contribution in [2.24, 2.45) is 0 Å². The molecular formula is C23H20N2O2. The molecule has 1 aromatic heterocycles. The smallest absolute Gasteiger partial charge is 0.161 e. The minimum absolute atomic E-state index is 0.687. The van der Waals surface area contributed by atoms with Crippen LogP contribution in [-0.2, 0) is 0 Å². The molecule has 4 nitrogen and oxygen atoms in total. The van der Waals surface area contributed by atoms with Crippen molar-refractivity contribution >= 4 is 0 Å². The third kappa shape index (κ3) is 3.42. The number of methoxy groups -OCH3 is 2. The lowest BCUT2D eigenvalue weighted by molar-refractivity contribution is 0.355. The summed E-state index contributed by atoms with van der Waals surface area (Å²) in [6.07, 6.45) is 0. The molecule has 4 heteroatoms. The maximum absolute atomic E-state index is 5.38. The first-order valence-corrected chi connectivity index (χ1v) is 8.72. The molecule has 0 fully saturated rings. The molecule has 0 amide bonds. The summed E-state index contributed by atoms with van der Waals surface area (Å²) in [6.45, 7) is 0. The van der Waals surface area contributed by atoms with Crippen LogP contribution in [0.2, 0.25) is 0 Å². The lowest BCUT2D eigenvalue weighted by atomic mass is 10.0. The van der Waals surface area contributed by atoms with Gasteiger partial charge in [0.05, 0.1) is 25.6 Å². The van der Waals surface area contributed by atoms with E-state index < -0.39 is 0 Å². The van der Waals surface area contributed by atoms with Crippen molar-refractivity contribution in [1.82, 2.24) is 10.2 Å². The first-order chi connectivity index (χ1) is 13.3. The van der Waals surface area contributed by atoms with E-state index in [4.69, 9.17) is 9.47 Å². The van der Waals surface area contributed by atoms with Gasteiger partial charge in [0.1, 0.15) is 0 Å². The Bertz CT molecular complexity index is 1040. The van der Waals surface area contributed by atoms with Crippen LogP contribution in [0.15, 0.2) is 78.9 Å². The Kier molecular flexibility index (Phi) is 4.62. The molecule has 0 spiro atoms. The van der Waals surface area contributed by atoms with Gasteiger partial charge in [0.25, 0.3) is 0 Å². The average Bonchev–Trinajstić information content (AvgIpc) is 3.24. The van der Waals surface area contributed by atoms with Gasteiger partial charge in [-0.3, -0.25) is 5.10 Å². The van der Waals surface area contributed by atoms with Crippen LogP contribution in [0.4, 0.5) is 0 Å². The van der Waals surface area contributed by atoms with Gasteiger partial charge in [-0.15, -0.1) is 0 Å². The highest BCUT2D eigenvalue weighted by Crippen LogP contribution is 2.33. The quantitative estimate of drug-likeness (QED) is 0.519. The van der Waals surface area contributed by atoms with Crippen molar-refractivity contribution in [2.45, 2.75) is 0 Å². The fourth-order valence-corrected chi connectivity index (χ4v) is 3.09. The van der Waals surface area contributed by atoms with Crippen LogP contribution >= 0.6 is 0 Å². The molecule has 0 bridgehead atoms. The minimum Gasteiger partial charge on any atom is -0.493 e. The van der Waals surface area contributed by atoms with Crippen molar-refractivity contribution in [1.29, 1.82) is 0 Å². The van der Waals surface area contributed by atoms with Gasteiger partial charge in [-0.05, 0) is 41.0 Å². The average molecular weight is 356 g/mol. The normalized spacial score (nSPS) is 10.6. The van der Waals surface area contributed by atoms with Crippen LogP contribution in [0.1, 0.15) is 0 Å². The second-order valence-electron chi connectivity index (χ2n) is 6.18. The fraction of sp³-hybridized carbons (Fsp3) is 0.0870. The molecular weight excluding hydrogens is 336 g/mol. The zero-order valence-corrected chi connectivity index (χ0v) is 15.3. The summed E-state index contributed by atoms with van der Waals surface area (Å²) >= 11 is 0. The molecule has 1 heterocycles. The fourth-order valence-electron chi connectivity index (χ4n) is 3.09. The number of H-pyrrole nitrogens is 1. The molecule has 1 N–H and O–H groups in total. The first kappa shape index (κ1) is 16.9. The number of hydrogen-bond acceptors (Lipinski definition) is 3. The summed E-state index contributed by atoms with van der Waals surface area (Å²) in [7, 11) is 3.26. The SMILES string of the molecule is COc1ccc(-c2cc(-c3ccc(-c4ccccc4)cc3)[nH]n2)cc1OC. The Labute approximate surface area is 158 Å². The van der Waals surface area contributed by atoms with Crippen LogP contribution in [0, 0.1) is 0 Å². The molecule has 4 rings (SSSR count).